The first-order chi connectivity index (χ1) is 9.67. The zero-order valence-electron chi connectivity index (χ0n) is 11.3. The second-order valence-electron chi connectivity index (χ2n) is 4.83. The predicted octanol–water partition coefficient (Wildman–Crippen LogP) is 1.76. The molecule has 0 atom stereocenters. The summed E-state index contributed by atoms with van der Waals surface area (Å²) in [4.78, 5) is 11.4. The van der Waals surface area contributed by atoms with Crippen LogP contribution in [0.4, 0.5) is 4.39 Å². The third-order valence-corrected chi connectivity index (χ3v) is 2.92. The molecule has 0 heterocycles. The summed E-state index contributed by atoms with van der Waals surface area (Å²) in [5, 5.41) is 5.90. The first kappa shape index (κ1) is 14.5. The van der Waals surface area contributed by atoms with Crippen LogP contribution in [0.2, 0.25) is 0 Å². The Morgan fingerprint density at radius 3 is 2.95 bits per heavy atom. The average molecular weight is 278 g/mol. The van der Waals surface area contributed by atoms with E-state index in [1.165, 1.54) is 25.0 Å². The Bertz CT molecular complexity index is 487. The highest BCUT2D eigenvalue weighted by Crippen LogP contribution is 2.21. The lowest BCUT2D eigenvalue weighted by Gasteiger charge is -2.09. The lowest BCUT2D eigenvalue weighted by Crippen LogP contribution is -2.28. The Morgan fingerprint density at radius 2 is 2.25 bits per heavy atom. The number of carbonyl (C=O) groups is 1. The zero-order chi connectivity index (χ0) is 14.4. The molecule has 108 valence electrons. The third-order valence-electron chi connectivity index (χ3n) is 2.92. The number of benzene rings is 1. The van der Waals surface area contributed by atoms with Gasteiger partial charge in [-0.2, -0.15) is 0 Å². The Hall–Kier alpha value is -1.88. The van der Waals surface area contributed by atoms with Crippen LogP contribution in [0.1, 0.15) is 18.4 Å². The molecule has 1 amide bonds. The number of hydrogen-bond donors (Lipinski definition) is 2. The summed E-state index contributed by atoms with van der Waals surface area (Å²) in [5.74, 6) is -0.250. The van der Waals surface area contributed by atoms with Crippen LogP contribution in [0.25, 0.3) is 0 Å². The van der Waals surface area contributed by atoms with E-state index in [0.717, 1.165) is 5.56 Å². The van der Waals surface area contributed by atoms with Crippen molar-refractivity contribution in [3.05, 3.63) is 42.2 Å². The molecule has 1 aromatic rings. The number of ether oxygens (including phenoxy) is 1. The molecule has 1 aliphatic carbocycles. The number of hydrogen-bond acceptors (Lipinski definition) is 3. The SMILES string of the molecule is C=CCNC(=O)COc1cc(F)cc(CNC2CC2)c1. The molecule has 20 heavy (non-hydrogen) atoms. The molecule has 0 spiro atoms. The van der Waals surface area contributed by atoms with Gasteiger partial charge in [-0.25, -0.2) is 4.39 Å². The van der Waals surface area contributed by atoms with E-state index in [9.17, 15) is 9.18 Å². The maximum atomic E-state index is 13.5. The molecule has 4 nitrogen and oxygen atoms in total. The van der Waals surface area contributed by atoms with Crippen molar-refractivity contribution in [1.82, 2.24) is 10.6 Å². The summed E-state index contributed by atoms with van der Waals surface area (Å²) in [6, 6.07) is 5.06. The second kappa shape index (κ2) is 7.05. The first-order valence-electron chi connectivity index (χ1n) is 6.70. The maximum absolute atomic E-state index is 13.5. The predicted molar refractivity (Wildman–Crippen MR) is 75.0 cm³/mol. The van der Waals surface area contributed by atoms with Crippen LogP contribution in [0.15, 0.2) is 30.9 Å². The number of nitrogens with one attached hydrogen (secondary N) is 2. The van der Waals surface area contributed by atoms with Crippen molar-refractivity contribution in [2.75, 3.05) is 13.2 Å². The highest BCUT2D eigenvalue weighted by molar-refractivity contribution is 5.77. The van der Waals surface area contributed by atoms with Crippen LogP contribution in [0, 0.1) is 5.82 Å². The topological polar surface area (TPSA) is 50.4 Å². The third kappa shape index (κ3) is 5.01. The van der Waals surface area contributed by atoms with Crippen LogP contribution < -0.4 is 15.4 Å². The summed E-state index contributed by atoms with van der Waals surface area (Å²) >= 11 is 0. The molecule has 1 saturated carbocycles. The summed E-state index contributed by atoms with van der Waals surface area (Å²) in [6.07, 6.45) is 3.95. The van der Waals surface area contributed by atoms with Crippen LogP contribution in [0.5, 0.6) is 5.75 Å². The van der Waals surface area contributed by atoms with E-state index in [2.05, 4.69) is 17.2 Å². The van der Waals surface area contributed by atoms with Gasteiger partial charge in [0.2, 0.25) is 0 Å². The van der Waals surface area contributed by atoms with Crippen LogP contribution >= 0.6 is 0 Å². The molecule has 0 aliphatic heterocycles. The van der Waals surface area contributed by atoms with Crippen molar-refractivity contribution < 1.29 is 13.9 Å². The summed E-state index contributed by atoms with van der Waals surface area (Å²) in [5.41, 5.74) is 0.818. The fourth-order valence-electron chi connectivity index (χ4n) is 1.74. The lowest BCUT2D eigenvalue weighted by molar-refractivity contribution is -0.122. The largest absolute Gasteiger partial charge is 0.484 e. The van der Waals surface area contributed by atoms with E-state index in [0.29, 0.717) is 24.9 Å². The van der Waals surface area contributed by atoms with Crippen LogP contribution in [0.3, 0.4) is 0 Å². The summed E-state index contributed by atoms with van der Waals surface area (Å²) in [7, 11) is 0. The van der Waals surface area contributed by atoms with Gasteiger partial charge in [-0.1, -0.05) is 6.08 Å². The quantitative estimate of drug-likeness (QED) is 0.712. The average Bonchev–Trinajstić information content (AvgIpc) is 3.24. The number of halogens is 1. The highest BCUT2D eigenvalue weighted by Gasteiger charge is 2.20. The Balaban J connectivity index is 1.85. The van der Waals surface area contributed by atoms with Gasteiger partial charge in [0.25, 0.3) is 5.91 Å². The molecule has 0 aromatic heterocycles. The van der Waals surface area contributed by atoms with Gasteiger partial charge in [0, 0.05) is 25.2 Å². The number of carbonyl (C=O) groups excluding carboxylic acids is 1. The van der Waals surface area contributed by atoms with Crippen molar-refractivity contribution in [2.24, 2.45) is 0 Å². The van der Waals surface area contributed by atoms with Crippen molar-refractivity contribution >= 4 is 5.91 Å². The van der Waals surface area contributed by atoms with Gasteiger partial charge >= 0.3 is 0 Å². The molecule has 5 heteroatoms. The highest BCUT2D eigenvalue weighted by atomic mass is 19.1. The van der Waals surface area contributed by atoms with Crippen molar-refractivity contribution in [1.29, 1.82) is 0 Å². The molecular weight excluding hydrogens is 259 g/mol. The first-order valence-corrected chi connectivity index (χ1v) is 6.70. The van der Waals surface area contributed by atoms with Gasteiger partial charge < -0.3 is 15.4 Å². The normalized spacial score (nSPS) is 13.8. The standard InChI is InChI=1S/C15H19FN2O2/c1-2-5-17-15(19)10-20-14-7-11(6-12(16)8-14)9-18-13-3-4-13/h2,6-8,13,18H,1,3-5,9-10H2,(H,17,19). The number of amides is 1. The smallest absolute Gasteiger partial charge is 0.258 e. The van der Waals surface area contributed by atoms with E-state index >= 15 is 0 Å². The second-order valence-corrected chi connectivity index (χ2v) is 4.83. The minimum atomic E-state index is -0.360. The van der Waals surface area contributed by atoms with Crippen molar-refractivity contribution in [2.45, 2.75) is 25.4 Å². The van der Waals surface area contributed by atoms with E-state index in [1.54, 1.807) is 12.1 Å². The maximum Gasteiger partial charge on any atom is 0.258 e. The molecule has 1 fully saturated rings. The molecule has 2 N–H and O–H groups in total. The molecule has 1 aromatic carbocycles. The van der Waals surface area contributed by atoms with Gasteiger partial charge in [0.1, 0.15) is 11.6 Å². The monoisotopic (exact) mass is 278 g/mol. The van der Waals surface area contributed by atoms with E-state index in [1.807, 2.05) is 0 Å². The Morgan fingerprint density at radius 1 is 1.45 bits per heavy atom. The van der Waals surface area contributed by atoms with Crippen molar-refractivity contribution in [3.63, 3.8) is 0 Å². The van der Waals surface area contributed by atoms with Crippen molar-refractivity contribution in [3.8, 4) is 5.75 Å². The van der Waals surface area contributed by atoms with E-state index in [4.69, 9.17) is 4.74 Å². The molecule has 0 unspecified atom stereocenters. The van der Waals surface area contributed by atoms with E-state index < -0.39 is 0 Å². The Kier molecular flexibility index (Phi) is 5.12. The van der Waals surface area contributed by atoms with Gasteiger partial charge in [0.05, 0.1) is 0 Å². The molecule has 0 radical (unpaired) electrons. The van der Waals surface area contributed by atoms with Gasteiger partial charge in [-0.15, -0.1) is 6.58 Å². The molecule has 2 rings (SSSR count). The lowest BCUT2D eigenvalue weighted by atomic mass is 10.2. The Labute approximate surface area is 118 Å². The van der Waals surface area contributed by atoms with Gasteiger partial charge in [-0.3, -0.25) is 4.79 Å². The van der Waals surface area contributed by atoms with Gasteiger partial charge in [0.15, 0.2) is 6.61 Å². The molecule has 0 bridgehead atoms. The minimum absolute atomic E-state index is 0.132. The fraction of sp³-hybridized carbons (Fsp3) is 0.400. The zero-order valence-corrected chi connectivity index (χ0v) is 11.3. The molecular formula is C15H19FN2O2. The number of rotatable bonds is 8. The van der Waals surface area contributed by atoms with Gasteiger partial charge in [-0.05, 0) is 30.5 Å². The summed E-state index contributed by atoms with van der Waals surface area (Å²) < 4.78 is 18.8. The fourth-order valence-corrected chi connectivity index (χ4v) is 1.74. The molecule has 1 aliphatic rings. The van der Waals surface area contributed by atoms with Crippen LogP contribution in [-0.2, 0) is 11.3 Å². The molecule has 0 saturated heterocycles. The minimum Gasteiger partial charge on any atom is -0.484 e. The van der Waals surface area contributed by atoms with E-state index in [-0.39, 0.29) is 18.3 Å². The van der Waals surface area contributed by atoms with Crippen LogP contribution in [-0.4, -0.2) is 25.1 Å². The summed E-state index contributed by atoms with van der Waals surface area (Å²) in [6.45, 7) is 4.37.